The van der Waals surface area contributed by atoms with Gasteiger partial charge in [-0.1, -0.05) is 35.9 Å². The molecule has 0 aromatic heterocycles. The van der Waals surface area contributed by atoms with Gasteiger partial charge in [0.25, 0.3) is 0 Å². The van der Waals surface area contributed by atoms with Gasteiger partial charge in [-0.2, -0.15) is 0 Å². The molecule has 2 aromatic carbocycles. The molecule has 0 aliphatic carbocycles. The van der Waals surface area contributed by atoms with Crippen molar-refractivity contribution in [2.45, 2.75) is 13.0 Å². The van der Waals surface area contributed by atoms with Crippen molar-refractivity contribution in [2.24, 2.45) is 0 Å². The van der Waals surface area contributed by atoms with Gasteiger partial charge in [0.1, 0.15) is 5.82 Å². The number of nitrogens with one attached hydrogen (secondary N) is 1. The molecule has 94 valence electrons. The topological polar surface area (TPSA) is 12.0 Å². The molecule has 0 saturated carbocycles. The fraction of sp³-hybridized carbons (Fsp3) is 0.200. The smallest absolute Gasteiger partial charge is 0.124 e. The monoisotopic (exact) mass is 355 g/mol. The molecule has 18 heavy (non-hydrogen) atoms. The van der Waals surface area contributed by atoms with Crippen LogP contribution in [0.3, 0.4) is 0 Å². The van der Waals surface area contributed by atoms with Crippen molar-refractivity contribution in [1.82, 2.24) is 5.32 Å². The molecule has 0 bridgehead atoms. The Bertz CT molecular complexity index is 537. The van der Waals surface area contributed by atoms with Crippen LogP contribution in [0.2, 0.25) is 0 Å². The van der Waals surface area contributed by atoms with E-state index in [-0.39, 0.29) is 11.9 Å². The molecule has 2 aromatic rings. The summed E-state index contributed by atoms with van der Waals surface area (Å²) in [7, 11) is 1.92. The summed E-state index contributed by atoms with van der Waals surface area (Å²) in [6.07, 6.45) is 0. The van der Waals surface area contributed by atoms with Crippen LogP contribution in [0.15, 0.2) is 42.5 Å². The van der Waals surface area contributed by atoms with Gasteiger partial charge in [-0.25, -0.2) is 4.39 Å². The van der Waals surface area contributed by atoms with E-state index in [0.29, 0.717) is 0 Å². The minimum atomic E-state index is -0.193. The molecular formula is C15H15FIN. The third kappa shape index (κ3) is 2.90. The van der Waals surface area contributed by atoms with Crippen LogP contribution >= 0.6 is 22.6 Å². The summed E-state index contributed by atoms with van der Waals surface area (Å²) in [5, 5.41) is 3.29. The zero-order valence-corrected chi connectivity index (χ0v) is 12.5. The molecule has 0 radical (unpaired) electrons. The van der Waals surface area contributed by atoms with Crippen LogP contribution in [-0.2, 0) is 0 Å². The molecule has 2 rings (SSSR count). The lowest BCUT2D eigenvalue weighted by Gasteiger charge is -2.19. The summed E-state index contributed by atoms with van der Waals surface area (Å²) in [5.41, 5.74) is 3.53. The molecule has 0 fully saturated rings. The van der Waals surface area contributed by atoms with Gasteiger partial charge in [0.15, 0.2) is 0 Å². The molecule has 0 aliphatic rings. The summed E-state index contributed by atoms with van der Waals surface area (Å²) < 4.78 is 14.1. The maximum Gasteiger partial charge on any atom is 0.124 e. The van der Waals surface area contributed by atoms with Crippen LogP contribution in [0.5, 0.6) is 0 Å². The van der Waals surface area contributed by atoms with Gasteiger partial charge < -0.3 is 5.32 Å². The molecule has 1 unspecified atom stereocenters. The van der Waals surface area contributed by atoms with E-state index in [1.54, 1.807) is 6.07 Å². The van der Waals surface area contributed by atoms with Gasteiger partial charge in [0.05, 0.1) is 6.04 Å². The Balaban J connectivity index is 2.41. The van der Waals surface area contributed by atoms with Crippen LogP contribution < -0.4 is 5.32 Å². The highest BCUT2D eigenvalue weighted by Gasteiger charge is 2.14. The lowest BCUT2D eigenvalue weighted by Crippen LogP contribution is -2.18. The first-order valence-corrected chi connectivity index (χ1v) is 6.88. The summed E-state index contributed by atoms with van der Waals surface area (Å²) in [6, 6.07) is 13.4. The van der Waals surface area contributed by atoms with Crippen molar-refractivity contribution in [1.29, 1.82) is 0 Å². The summed E-state index contributed by atoms with van der Waals surface area (Å²) >= 11 is 2.18. The van der Waals surface area contributed by atoms with E-state index >= 15 is 0 Å². The van der Waals surface area contributed by atoms with Gasteiger partial charge in [0.2, 0.25) is 0 Å². The Labute approximate surface area is 121 Å². The minimum absolute atomic E-state index is 0.0955. The molecule has 1 N–H and O–H groups in total. The molecule has 0 aliphatic heterocycles. The second-order valence-corrected chi connectivity index (χ2v) is 5.46. The lowest BCUT2D eigenvalue weighted by molar-refractivity contribution is 0.621. The highest BCUT2D eigenvalue weighted by molar-refractivity contribution is 14.1. The Hall–Kier alpha value is -0.940. The summed E-state index contributed by atoms with van der Waals surface area (Å²) in [6.45, 7) is 2.07. The van der Waals surface area contributed by atoms with Crippen LogP contribution in [0.1, 0.15) is 22.7 Å². The second-order valence-electron chi connectivity index (χ2n) is 4.30. The predicted molar refractivity (Wildman–Crippen MR) is 81.2 cm³/mol. The van der Waals surface area contributed by atoms with E-state index in [1.165, 1.54) is 17.2 Å². The Morgan fingerprint density at radius 1 is 1.11 bits per heavy atom. The van der Waals surface area contributed by atoms with Crippen molar-refractivity contribution >= 4 is 22.6 Å². The van der Waals surface area contributed by atoms with E-state index < -0.39 is 0 Å². The fourth-order valence-electron chi connectivity index (χ4n) is 2.00. The number of hydrogen-bond donors (Lipinski definition) is 1. The van der Waals surface area contributed by atoms with Crippen LogP contribution in [0.25, 0.3) is 0 Å². The van der Waals surface area contributed by atoms with Crippen molar-refractivity contribution in [3.8, 4) is 0 Å². The number of aryl methyl sites for hydroxylation is 1. The SMILES string of the molecule is CNC(c1ccc(C)cc1)c1ccc(F)cc1I. The van der Waals surface area contributed by atoms with E-state index in [9.17, 15) is 4.39 Å². The van der Waals surface area contributed by atoms with E-state index in [2.05, 4.69) is 59.1 Å². The first-order valence-electron chi connectivity index (χ1n) is 5.80. The van der Waals surface area contributed by atoms with Gasteiger partial charge >= 0.3 is 0 Å². The zero-order chi connectivity index (χ0) is 13.1. The molecule has 1 atom stereocenters. The summed E-state index contributed by atoms with van der Waals surface area (Å²) in [4.78, 5) is 0. The summed E-state index contributed by atoms with van der Waals surface area (Å²) in [5.74, 6) is -0.193. The van der Waals surface area contributed by atoms with E-state index in [0.717, 1.165) is 9.13 Å². The fourth-order valence-corrected chi connectivity index (χ4v) is 2.78. The molecule has 0 amide bonds. The Morgan fingerprint density at radius 3 is 2.33 bits per heavy atom. The molecule has 1 nitrogen and oxygen atoms in total. The minimum Gasteiger partial charge on any atom is -0.309 e. The van der Waals surface area contributed by atoms with Gasteiger partial charge in [-0.15, -0.1) is 0 Å². The normalized spacial score (nSPS) is 12.4. The Kier molecular flexibility index (Phi) is 4.35. The number of rotatable bonds is 3. The van der Waals surface area contributed by atoms with Crippen molar-refractivity contribution in [3.05, 3.63) is 68.5 Å². The largest absolute Gasteiger partial charge is 0.309 e. The number of halogens is 2. The molecule has 0 spiro atoms. The predicted octanol–water partition coefficient (Wildman–Crippen LogP) is 4.05. The maximum absolute atomic E-state index is 13.1. The van der Waals surface area contributed by atoms with E-state index in [4.69, 9.17) is 0 Å². The maximum atomic E-state index is 13.1. The highest BCUT2D eigenvalue weighted by Crippen LogP contribution is 2.26. The zero-order valence-electron chi connectivity index (χ0n) is 10.4. The standard InChI is InChI=1S/C15H15FIN/c1-10-3-5-11(6-4-10)15(18-2)13-8-7-12(16)9-14(13)17/h3-9,15,18H,1-2H3. The lowest BCUT2D eigenvalue weighted by atomic mass is 9.98. The number of benzene rings is 2. The van der Waals surface area contributed by atoms with E-state index in [1.807, 2.05) is 13.1 Å². The van der Waals surface area contributed by atoms with Crippen molar-refractivity contribution in [3.63, 3.8) is 0 Å². The average molecular weight is 355 g/mol. The third-order valence-corrected chi connectivity index (χ3v) is 3.91. The highest BCUT2D eigenvalue weighted by atomic mass is 127. The van der Waals surface area contributed by atoms with Crippen LogP contribution in [-0.4, -0.2) is 7.05 Å². The molecule has 0 saturated heterocycles. The molecule has 3 heteroatoms. The van der Waals surface area contributed by atoms with Crippen molar-refractivity contribution in [2.75, 3.05) is 7.05 Å². The Morgan fingerprint density at radius 2 is 1.78 bits per heavy atom. The average Bonchev–Trinajstić information content (AvgIpc) is 2.35. The number of hydrogen-bond acceptors (Lipinski definition) is 1. The quantitative estimate of drug-likeness (QED) is 0.820. The first kappa shape index (κ1) is 13.5. The second kappa shape index (κ2) is 5.80. The van der Waals surface area contributed by atoms with Crippen molar-refractivity contribution < 1.29 is 4.39 Å². The van der Waals surface area contributed by atoms with Gasteiger partial charge in [-0.3, -0.25) is 0 Å². The third-order valence-electron chi connectivity index (χ3n) is 2.97. The van der Waals surface area contributed by atoms with Crippen LogP contribution in [0.4, 0.5) is 4.39 Å². The first-order chi connectivity index (χ1) is 8.61. The molecular weight excluding hydrogens is 340 g/mol. The molecule has 0 heterocycles. The van der Waals surface area contributed by atoms with Crippen LogP contribution in [0, 0.1) is 16.3 Å². The van der Waals surface area contributed by atoms with Gasteiger partial charge in [-0.05, 0) is 59.8 Å². The van der Waals surface area contributed by atoms with Gasteiger partial charge in [0, 0.05) is 3.57 Å².